The molecular weight excluding hydrogens is 193 g/mol. The third-order valence-electron chi connectivity index (χ3n) is 1.20. The van der Waals surface area contributed by atoms with Crippen LogP contribution < -0.4 is 5.73 Å². The maximum Gasteiger partial charge on any atom is 0.269 e. The first-order valence-corrected chi connectivity index (χ1v) is 3.29. The summed E-state index contributed by atoms with van der Waals surface area (Å²) in [6, 6.07) is 0.978. The predicted octanol–water partition coefficient (Wildman–Crippen LogP) is 2.39. The number of hydrogen-bond donors (Lipinski definition) is 1. The fourth-order valence-corrected chi connectivity index (χ4v) is 0.978. The molecule has 6 heteroatoms. The molecular formula is C6H4ClF3N2. The number of nitrogen functional groups attached to an aromatic ring is 1. The van der Waals surface area contributed by atoms with Gasteiger partial charge in [-0.15, -0.1) is 0 Å². The number of nitrogens with zero attached hydrogens (tertiary/aromatic N) is 1. The molecule has 1 aromatic rings. The Labute approximate surface area is 71.2 Å². The van der Waals surface area contributed by atoms with Gasteiger partial charge in [-0.05, 0) is 6.07 Å². The fourth-order valence-electron chi connectivity index (χ4n) is 0.706. The van der Waals surface area contributed by atoms with Gasteiger partial charge in [-0.3, -0.25) is 0 Å². The van der Waals surface area contributed by atoms with E-state index in [1.807, 2.05) is 0 Å². The van der Waals surface area contributed by atoms with Crippen LogP contribution in [0.5, 0.6) is 0 Å². The lowest BCUT2D eigenvalue weighted by molar-refractivity contribution is 0.145. The maximum atomic E-state index is 12.6. The van der Waals surface area contributed by atoms with Crippen LogP contribution in [-0.4, -0.2) is 4.98 Å². The number of aromatic nitrogens is 1. The van der Waals surface area contributed by atoms with Crippen molar-refractivity contribution in [1.29, 1.82) is 0 Å². The first kappa shape index (κ1) is 9.12. The lowest BCUT2D eigenvalue weighted by Gasteiger charge is -2.03. The van der Waals surface area contributed by atoms with Gasteiger partial charge >= 0.3 is 0 Å². The fraction of sp³-hybridized carbons (Fsp3) is 0.167. The summed E-state index contributed by atoms with van der Waals surface area (Å²) >= 11 is 5.29. The summed E-state index contributed by atoms with van der Waals surface area (Å²) < 4.78 is 36.6. The highest BCUT2D eigenvalue weighted by atomic mass is 35.5. The highest BCUT2D eigenvalue weighted by Gasteiger charge is 2.19. The van der Waals surface area contributed by atoms with E-state index in [4.69, 9.17) is 17.3 Å². The van der Waals surface area contributed by atoms with Crippen LogP contribution in [0, 0.1) is 5.95 Å². The molecule has 0 radical (unpaired) electrons. The predicted molar refractivity (Wildman–Crippen MR) is 38.6 cm³/mol. The van der Waals surface area contributed by atoms with Gasteiger partial charge in [0, 0.05) is 0 Å². The highest BCUT2D eigenvalue weighted by Crippen LogP contribution is 2.29. The van der Waals surface area contributed by atoms with Crippen molar-refractivity contribution in [1.82, 2.24) is 4.98 Å². The van der Waals surface area contributed by atoms with Crippen LogP contribution in [-0.2, 0) is 0 Å². The number of hydrogen-bond acceptors (Lipinski definition) is 2. The van der Waals surface area contributed by atoms with Crippen LogP contribution in [0.15, 0.2) is 6.07 Å². The van der Waals surface area contributed by atoms with Crippen molar-refractivity contribution in [3.63, 3.8) is 0 Å². The van der Waals surface area contributed by atoms with Crippen molar-refractivity contribution < 1.29 is 13.2 Å². The molecule has 0 aliphatic carbocycles. The molecule has 0 saturated carbocycles. The average Bonchev–Trinajstić information content (AvgIpc) is 1.82. The highest BCUT2D eigenvalue weighted by molar-refractivity contribution is 6.31. The Morgan fingerprint density at radius 1 is 1.50 bits per heavy atom. The SMILES string of the molecule is Nc1cc(Cl)c(C(F)F)c(F)n1. The van der Waals surface area contributed by atoms with Gasteiger partial charge in [0.1, 0.15) is 5.82 Å². The summed E-state index contributed by atoms with van der Waals surface area (Å²) in [5.41, 5.74) is 4.14. The van der Waals surface area contributed by atoms with Crippen molar-refractivity contribution in [2.45, 2.75) is 6.43 Å². The van der Waals surface area contributed by atoms with Gasteiger partial charge in [0.25, 0.3) is 6.43 Å². The molecule has 1 rings (SSSR count). The number of rotatable bonds is 1. The zero-order valence-corrected chi connectivity index (χ0v) is 6.45. The molecule has 0 spiro atoms. The number of nitrogens with two attached hydrogens (primary N) is 1. The Bertz CT molecular complexity index is 280. The van der Waals surface area contributed by atoms with Gasteiger partial charge in [-0.2, -0.15) is 4.39 Å². The van der Waals surface area contributed by atoms with Crippen LogP contribution in [0.3, 0.4) is 0 Å². The Kier molecular flexibility index (Phi) is 2.42. The Morgan fingerprint density at radius 2 is 2.08 bits per heavy atom. The molecule has 0 bridgehead atoms. The van der Waals surface area contributed by atoms with E-state index in [1.165, 1.54) is 0 Å². The second kappa shape index (κ2) is 3.18. The van der Waals surface area contributed by atoms with E-state index in [2.05, 4.69) is 4.98 Å². The Balaban J connectivity index is 3.28. The Morgan fingerprint density at radius 3 is 2.50 bits per heavy atom. The van der Waals surface area contributed by atoms with Gasteiger partial charge < -0.3 is 5.73 Å². The van der Waals surface area contributed by atoms with Crippen LogP contribution in [0.2, 0.25) is 5.02 Å². The summed E-state index contributed by atoms with van der Waals surface area (Å²) in [7, 11) is 0. The molecule has 0 aliphatic rings. The minimum absolute atomic E-state index is 0.220. The van der Waals surface area contributed by atoms with E-state index < -0.39 is 23.0 Å². The van der Waals surface area contributed by atoms with E-state index in [0.717, 1.165) is 6.07 Å². The molecule has 0 aromatic carbocycles. The van der Waals surface area contributed by atoms with Gasteiger partial charge in [-0.25, -0.2) is 13.8 Å². The number of alkyl halides is 2. The second-order valence-corrected chi connectivity index (χ2v) is 2.44. The van der Waals surface area contributed by atoms with Crippen molar-refractivity contribution in [2.24, 2.45) is 0 Å². The molecule has 12 heavy (non-hydrogen) atoms. The first-order chi connectivity index (χ1) is 5.52. The van der Waals surface area contributed by atoms with Crippen molar-refractivity contribution in [3.8, 4) is 0 Å². The molecule has 0 saturated heterocycles. The summed E-state index contributed by atoms with van der Waals surface area (Å²) in [6.07, 6.45) is -2.98. The van der Waals surface area contributed by atoms with Crippen molar-refractivity contribution >= 4 is 17.4 Å². The minimum Gasteiger partial charge on any atom is -0.384 e. The summed E-state index contributed by atoms with van der Waals surface area (Å²) in [4.78, 5) is 3.00. The van der Waals surface area contributed by atoms with E-state index in [9.17, 15) is 13.2 Å². The standard InChI is InChI=1S/C6H4ClF3N2/c7-2-1-3(11)12-6(10)4(2)5(8)9/h1,5H,(H2,11,12). The number of anilines is 1. The van der Waals surface area contributed by atoms with Crippen LogP contribution in [0.25, 0.3) is 0 Å². The molecule has 0 atom stereocenters. The van der Waals surface area contributed by atoms with Gasteiger partial charge in [0.15, 0.2) is 0 Å². The quantitative estimate of drug-likeness (QED) is 0.701. The summed E-state index contributed by atoms with van der Waals surface area (Å²) in [5.74, 6) is -1.54. The van der Waals surface area contributed by atoms with Crippen LogP contribution >= 0.6 is 11.6 Å². The van der Waals surface area contributed by atoms with Crippen LogP contribution in [0.4, 0.5) is 19.0 Å². The number of pyridine rings is 1. The van der Waals surface area contributed by atoms with Crippen molar-refractivity contribution in [3.05, 3.63) is 22.6 Å². The summed E-state index contributed by atoms with van der Waals surface area (Å²) in [5, 5.41) is -0.407. The second-order valence-electron chi connectivity index (χ2n) is 2.03. The minimum atomic E-state index is -2.98. The first-order valence-electron chi connectivity index (χ1n) is 2.92. The molecule has 2 nitrogen and oxygen atoms in total. The third-order valence-corrected chi connectivity index (χ3v) is 1.51. The monoisotopic (exact) mass is 196 g/mol. The summed E-state index contributed by atoms with van der Waals surface area (Å²) in [6.45, 7) is 0. The lowest BCUT2D eigenvalue weighted by atomic mass is 10.3. The number of halogens is 4. The topological polar surface area (TPSA) is 38.9 Å². The lowest BCUT2D eigenvalue weighted by Crippen LogP contribution is -1.99. The smallest absolute Gasteiger partial charge is 0.269 e. The van der Waals surface area contributed by atoms with E-state index in [0.29, 0.717) is 0 Å². The van der Waals surface area contributed by atoms with E-state index >= 15 is 0 Å². The molecule has 0 unspecified atom stereocenters. The normalized spacial score (nSPS) is 10.8. The van der Waals surface area contributed by atoms with E-state index in [1.54, 1.807) is 0 Å². The average molecular weight is 197 g/mol. The van der Waals surface area contributed by atoms with Gasteiger partial charge in [0.05, 0.1) is 10.6 Å². The van der Waals surface area contributed by atoms with Crippen molar-refractivity contribution in [2.75, 3.05) is 5.73 Å². The van der Waals surface area contributed by atoms with Gasteiger partial charge in [0.2, 0.25) is 5.95 Å². The molecule has 66 valence electrons. The Hall–Kier alpha value is -0.970. The largest absolute Gasteiger partial charge is 0.384 e. The van der Waals surface area contributed by atoms with Crippen LogP contribution in [0.1, 0.15) is 12.0 Å². The molecule has 0 fully saturated rings. The third kappa shape index (κ3) is 1.61. The molecule has 0 amide bonds. The molecule has 2 N–H and O–H groups in total. The van der Waals surface area contributed by atoms with Gasteiger partial charge in [-0.1, -0.05) is 11.6 Å². The maximum absolute atomic E-state index is 12.6. The zero-order chi connectivity index (χ0) is 9.30. The molecule has 0 aliphatic heterocycles. The molecule has 1 aromatic heterocycles. The van der Waals surface area contributed by atoms with E-state index in [-0.39, 0.29) is 5.82 Å². The zero-order valence-electron chi connectivity index (χ0n) is 5.69. The molecule has 1 heterocycles.